The number of nitrogens with one attached hydrogen (secondary N) is 1. The lowest BCUT2D eigenvalue weighted by Crippen LogP contribution is -2.23. The van der Waals surface area contributed by atoms with Crippen molar-refractivity contribution in [3.05, 3.63) is 47.5 Å². The van der Waals surface area contributed by atoms with Gasteiger partial charge in [-0.3, -0.25) is 0 Å². The van der Waals surface area contributed by atoms with Crippen molar-refractivity contribution in [2.45, 2.75) is 6.10 Å². The van der Waals surface area contributed by atoms with Crippen molar-refractivity contribution in [2.24, 2.45) is 0 Å². The van der Waals surface area contributed by atoms with Crippen LogP contribution < -0.4 is 5.32 Å². The van der Waals surface area contributed by atoms with E-state index in [2.05, 4.69) is 15.5 Å². The van der Waals surface area contributed by atoms with Crippen LogP contribution in [-0.2, 0) is 0 Å². The monoisotopic (exact) mass is 345 g/mol. The first-order valence-electron chi connectivity index (χ1n) is 7.38. The predicted molar refractivity (Wildman–Crippen MR) is 93.2 cm³/mol. The van der Waals surface area contributed by atoms with Crippen LogP contribution >= 0.6 is 11.6 Å². The number of anilines is 1. The Morgan fingerprint density at radius 3 is 2.50 bits per heavy atom. The minimum absolute atomic E-state index is 0.0263. The first-order chi connectivity index (χ1) is 11.6. The minimum Gasteiger partial charge on any atom is -0.507 e. The zero-order valence-electron chi connectivity index (χ0n) is 12.6. The van der Waals surface area contributed by atoms with Crippen molar-refractivity contribution in [3.63, 3.8) is 0 Å². The smallest absolute Gasteiger partial charge is 0.156 e. The number of aliphatic hydroxyl groups excluding tert-OH is 2. The van der Waals surface area contributed by atoms with E-state index < -0.39 is 6.10 Å². The van der Waals surface area contributed by atoms with Crippen molar-refractivity contribution in [3.8, 4) is 17.0 Å². The summed E-state index contributed by atoms with van der Waals surface area (Å²) in [7, 11) is 0. The Bertz CT molecular complexity index is 853. The number of rotatable bonds is 5. The second kappa shape index (κ2) is 7.00. The summed E-state index contributed by atoms with van der Waals surface area (Å²) in [5, 5.41) is 41.8. The Balaban J connectivity index is 2.12. The SMILES string of the molecule is OC[C@H](O)CNc1nnc(-c2c(O)cccc2Cl)c2ccccc12. The highest BCUT2D eigenvalue weighted by Gasteiger charge is 2.16. The van der Waals surface area contributed by atoms with E-state index in [9.17, 15) is 10.2 Å². The van der Waals surface area contributed by atoms with E-state index in [-0.39, 0.29) is 18.9 Å². The Hall–Kier alpha value is -2.41. The van der Waals surface area contributed by atoms with Crippen LogP contribution in [0.2, 0.25) is 5.02 Å². The molecule has 4 N–H and O–H groups in total. The maximum Gasteiger partial charge on any atom is 0.156 e. The third-order valence-corrected chi connectivity index (χ3v) is 3.95. The van der Waals surface area contributed by atoms with Crippen LogP contribution in [0.25, 0.3) is 22.0 Å². The summed E-state index contributed by atoms with van der Waals surface area (Å²) in [6.07, 6.45) is -0.891. The van der Waals surface area contributed by atoms with Gasteiger partial charge < -0.3 is 20.6 Å². The molecule has 124 valence electrons. The fourth-order valence-electron chi connectivity index (χ4n) is 2.45. The second-order valence-corrected chi connectivity index (χ2v) is 5.70. The normalized spacial score (nSPS) is 12.3. The summed E-state index contributed by atoms with van der Waals surface area (Å²) in [4.78, 5) is 0. The molecule has 1 aromatic heterocycles. The molecule has 0 unspecified atom stereocenters. The molecule has 24 heavy (non-hydrogen) atoms. The van der Waals surface area contributed by atoms with E-state index >= 15 is 0 Å². The number of hydrogen-bond acceptors (Lipinski definition) is 6. The molecule has 1 heterocycles. The van der Waals surface area contributed by atoms with Gasteiger partial charge in [0, 0.05) is 17.3 Å². The van der Waals surface area contributed by atoms with Crippen LogP contribution in [0.15, 0.2) is 42.5 Å². The Morgan fingerprint density at radius 1 is 1.04 bits per heavy atom. The molecule has 0 spiro atoms. The highest BCUT2D eigenvalue weighted by atomic mass is 35.5. The summed E-state index contributed by atoms with van der Waals surface area (Å²) in [6.45, 7) is -0.199. The molecule has 0 aliphatic carbocycles. The van der Waals surface area contributed by atoms with E-state index in [4.69, 9.17) is 16.7 Å². The van der Waals surface area contributed by atoms with Crippen LogP contribution in [0, 0.1) is 0 Å². The van der Waals surface area contributed by atoms with Gasteiger partial charge in [0.05, 0.1) is 23.3 Å². The second-order valence-electron chi connectivity index (χ2n) is 5.29. The first kappa shape index (κ1) is 16.4. The minimum atomic E-state index is -0.891. The lowest BCUT2D eigenvalue weighted by Gasteiger charge is -2.14. The topological polar surface area (TPSA) is 98.5 Å². The van der Waals surface area contributed by atoms with Crippen molar-refractivity contribution in [1.29, 1.82) is 0 Å². The van der Waals surface area contributed by atoms with Crippen LogP contribution in [-0.4, -0.2) is 44.8 Å². The average molecular weight is 346 g/mol. The Kier molecular flexibility index (Phi) is 4.80. The molecule has 0 bridgehead atoms. The molecule has 2 aromatic carbocycles. The molecule has 0 fully saturated rings. The molecule has 6 nitrogen and oxygen atoms in total. The summed E-state index contributed by atoms with van der Waals surface area (Å²) in [5.41, 5.74) is 0.895. The van der Waals surface area contributed by atoms with Gasteiger partial charge in [-0.2, -0.15) is 0 Å². The summed E-state index contributed by atoms with van der Waals surface area (Å²) in [6, 6.07) is 12.3. The summed E-state index contributed by atoms with van der Waals surface area (Å²) in [5.74, 6) is 0.506. The lowest BCUT2D eigenvalue weighted by molar-refractivity contribution is 0.105. The van der Waals surface area contributed by atoms with Gasteiger partial charge in [0.1, 0.15) is 11.4 Å². The standard InChI is InChI=1S/C17H16ClN3O3/c18-13-6-3-7-14(24)15(13)16-11-4-1-2-5-12(11)17(21-20-16)19-8-10(23)9-22/h1-7,10,22-24H,8-9H2,(H,19,21)/t10-/m1/s1. The molecule has 7 heteroatoms. The zero-order chi connectivity index (χ0) is 17.1. The van der Waals surface area contributed by atoms with E-state index in [0.717, 1.165) is 10.8 Å². The van der Waals surface area contributed by atoms with E-state index in [1.54, 1.807) is 18.2 Å². The Labute approximate surface area is 143 Å². The Morgan fingerprint density at radius 2 is 1.79 bits per heavy atom. The van der Waals surface area contributed by atoms with Gasteiger partial charge in [0.25, 0.3) is 0 Å². The number of benzene rings is 2. The van der Waals surface area contributed by atoms with Crippen molar-refractivity contribution < 1.29 is 15.3 Å². The van der Waals surface area contributed by atoms with Gasteiger partial charge in [0.15, 0.2) is 5.82 Å². The highest BCUT2D eigenvalue weighted by Crippen LogP contribution is 2.38. The van der Waals surface area contributed by atoms with Gasteiger partial charge in [-0.15, -0.1) is 10.2 Å². The maximum absolute atomic E-state index is 10.2. The fraction of sp³-hybridized carbons (Fsp3) is 0.176. The van der Waals surface area contributed by atoms with Crippen molar-refractivity contribution >= 4 is 28.2 Å². The van der Waals surface area contributed by atoms with Crippen LogP contribution in [0.1, 0.15) is 0 Å². The third kappa shape index (κ3) is 3.12. The lowest BCUT2D eigenvalue weighted by atomic mass is 10.0. The number of phenolic OH excluding ortho intramolecular Hbond substituents is 1. The molecule has 0 saturated carbocycles. The molecule has 1 atom stereocenters. The fourth-order valence-corrected chi connectivity index (χ4v) is 2.70. The third-order valence-electron chi connectivity index (χ3n) is 3.63. The zero-order valence-corrected chi connectivity index (χ0v) is 13.4. The van der Waals surface area contributed by atoms with Crippen molar-refractivity contribution in [1.82, 2.24) is 10.2 Å². The van der Waals surface area contributed by atoms with Gasteiger partial charge in [0.2, 0.25) is 0 Å². The molecule has 0 aliphatic rings. The molecule has 0 amide bonds. The van der Waals surface area contributed by atoms with Crippen LogP contribution in [0.3, 0.4) is 0 Å². The van der Waals surface area contributed by atoms with E-state index in [1.165, 1.54) is 0 Å². The van der Waals surface area contributed by atoms with E-state index in [0.29, 0.717) is 22.1 Å². The number of phenols is 1. The highest BCUT2D eigenvalue weighted by molar-refractivity contribution is 6.34. The summed E-state index contributed by atoms with van der Waals surface area (Å²) < 4.78 is 0. The van der Waals surface area contributed by atoms with Crippen LogP contribution in [0.4, 0.5) is 5.82 Å². The molecule has 0 saturated heterocycles. The molecule has 3 rings (SSSR count). The summed E-state index contributed by atoms with van der Waals surface area (Å²) >= 11 is 6.22. The average Bonchev–Trinajstić information content (AvgIpc) is 2.60. The van der Waals surface area contributed by atoms with Gasteiger partial charge in [-0.25, -0.2) is 0 Å². The number of aromatic nitrogens is 2. The molecule has 3 aromatic rings. The molecule has 0 aliphatic heterocycles. The molecule has 0 radical (unpaired) electrons. The number of aromatic hydroxyl groups is 1. The van der Waals surface area contributed by atoms with Gasteiger partial charge >= 0.3 is 0 Å². The quantitative estimate of drug-likeness (QED) is 0.567. The predicted octanol–water partition coefficient (Wildman–Crippen LogP) is 2.42. The van der Waals surface area contributed by atoms with Gasteiger partial charge in [-0.1, -0.05) is 41.9 Å². The molecular weight excluding hydrogens is 330 g/mol. The number of fused-ring (bicyclic) bond motifs is 1. The van der Waals surface area contributed by atoms with Crippen molar-refractivity contribution in [2.75, 3.05) is 18.5 Å². The van der Waals surface area contributed by atoms with Crippen LogP contribution in [0.5, 0.6) is 5.75 Å². The molecular formula is C17H16ClN3O3. The first-order valence-corrected chi connectivity index (χ1v) is 7.75. The largest absolute Gasteiger partial charge is 0.507 e. The maximum atomic E-state index is 10.2. The number of aliphatic hydroxyl groups is 2. The number of nitrogens with zero attached hydrogens (tertiary/aromatic N) is 2. The number of hydrogen-bond donors (Lipinski definition) is 4. The van der Waals surface area contributed by atoms with Gasteiger partial charge in [-0.05, 0) is 12.1 Å². The number of halogens is 1. The van der Waals surface area contributed by atoms with E-state index in [1.807, 2.05) is 24.3 Å².